The standard InChI is InChI=1S/C18H22N2S/c19-12-13-3-5-14(6-4-13)17-20-15-7-10-18(8-1-2-9-18)11-16(15)21-17/h3-6H,1-2,7-12,19H2. The van der Waals surface area contributed by atoms with Gasteiger partial charge in [-0.15, -0.1) is 11.3 Å². The van der Waals surface area contributed by atoms with E-state index in [0.29, 0.717) is 12.0 Å². The summed E-state index contributed by atoms with van der Waals surface area (Å²) in [5.41, 5.74) is 10.1. The second-order valence-corrected chi connectivity index (χ2v) is 7.76. The molecule has 2 N–H and O–H groups in total. The predicted molar refractivity (Wildman–Crippen MR) is 88.4 cm³/mol. The van der Waals surface area contributed by atoms with Crippen LogP contribution in [0.5, 0.6) is 0 Å². The molecule has 1 aromatic heterocycles. The molecule has 1 fully saturated rings. The number of hydrogen-bond donors (Lipinski definition) is 1. The number of aryl methyl sites for hydroxylation is 1. The van der Waals surface area contributed by atoms with Gasteiger partial charge in [0.25, 0.3) is 0 Å². The summed E-state index contributed by atoms with van der Waals surface area (Å²) in [7, 11) is 0. The fourth-order valence-electron chi connectivity index (χ4n) is 3.99. The molecular weight excluding hydrogens is 276 g/mol. The summed E-state index contributed by atoms with van der Waals surface area (Å²) in [4.78, 5) is 6.47. The summed E-state index contributed by atoms with van der Waals surface area (Å²) in [6.45, 7) is 0.608. The monoisotopic (exact) mass is 298 g/mol. The third kappa shape index (κ3) is 2.43. The number of rotatable bonds is 2. The van der Waals surface area contributed by atoms with Crippen molar-refractivity contribution in [3.8, 4) is 10.6 Å². The van der Waals surface area contributed by atoms with Gasteiger partial charge in [-0.2, -0.15) is 0 Å². The Kier molecular flexibility index (Phi) is 3.35. The second kappa shape index (κ2) is 5.22. The van der Waals surface area contributed by atoms with Crippen LogP contribution in [0.3, 0.4) is 0 Å². The third-order valence-corrected chi connectivity index (χ3v) is 6.45. The molecule has 2 nitrogen and oxygen atoms in total. The molecule has 2 aromatic rings. The quantitative estimate of drug-likeness (QED) is 0.897. The van der Waals surface area contributed by atoms with Gasteiger partial charge in [0.1, 0.15) is 5.01 Å². The van der Waals surface area contributed by atoms with E-state index in [1.165, 1.54) is 66.8 Å². The van der Waals surface area contributed by atoms with Crippen LogP contribution in [0.4, 0.5) is 0 Å². The molecule has 2 aliphatic rings. The Morgan fingerprint density at radius 1 is 1.10 bits per heavy atom. The van der Waals surface area contributed by atoms with Gasteiger partial charge >= 0.3 is 0 Å². The fraction of sp³-hybridized carbons (Fsp3) is 0.500. The number of thiazole rings is 1. The van der Waals surface area contributed by atoms with Crippen LogP contribution in [-0.2, 0) is 19.4 Å². The maximum atomic E-state index is 5.67. The molecule has 3 heteroatoms. The molecule has 0 aliphatic heterocycles. The van der Waals surface area contributed by atoms with Crippen LogP contribution in [0.25, 0.3) is 10.6 Å². The van der Waals surface area contributed by atoms with Crippen molar-refractivity contribution < 1.29 is 0 Å². The Morgan fingerprint density at radius 3 is 2.57 bits per heavy atom. The lowest BCUT2D eigenvalue weighted by Crippen LogP contribution is -2.24. The van der Waals surface area contributed by atoms with Gasteiger partial charge in [0.2, 0.25) is 0 Å². The number of nitrogens with zero attached hydrogens (tertiary/aromatic N) is 1. The largest absolute Gasteiger partial charge is 0.326 e. The lowest BCUT2D eigenvalue weighted by atomic mass is 9.74. The van der Waals surface area contributed by atoms with Gasteiger partial charge in [0.15, 0.2) is 0 Å². The zero-order chi connectivity index (χ0) is 14.3. The average molecular weight is 298 g/mol. The van der Waals surface area contributed by atoms with Crippen molar-refractivity contribution in [1.82, 2.24) is 4.98 Å². The summed E-state index contributed by atoms with van der Waals surface area (Å²) in [6, 6.07) is 8.57. The van der Waals surface area contributed by atoms with Crippen molar-refractivity contribution in [2.24, 2.45) is 11.1 Å². The van der Waals surface area contributed by atoms with Gasteiger partial charge in [-0.3, -0.25) is 0 Å². The molecule has 0 radical (unpaired) electrons. The van der Waals surface area contributed by atoms with E-state index in [-0.39, 0.29) is 0 Å². The van der Waals surface area contributed by atoms with Crippen LogP contribution < -0.4 is 5.73 Å². The molecule has 110 valence electrons. The van der Waals surface area contributed by atoms with E-state index in [0.717, 1.165) is 0 Å². The van der Waals surface area contributed by atoms with Crippen LogP contribution in [0, 0.1) is 5.41 Å². The molecule has 1 saturated carbocycles. The van der Waals surface area contributed by atoms with E-state index >= 15 is 0 Å². The van der Waals surface area contributed by atoms with Crippen LogP contribution in [0.2, 0.25) is 0 Å². The molecule has 0 amide bonds. The summed E-state index contributed by atoms with van der Waals surface area (Å²) >= 11 is 1.92. The molecule has 0 unspecified atom stereocenters. The molecule has 2 aliphatic carbocycles. The molecule has 0 atom stereocenters. The van der Waals surface area contributed by atoms with E-state index in [4.69, 9.17) is 10.7 Å². The highest BCUT2D eigenvalue weighted by Gasteiger charge is 2.38. The van der Waals surface area contributed by atoms with E-state index in [1.807, 2.05) is 11.3 Å². The average Bonchev–Trinajstić information content (AvgIpc) is 3.14. The van der Waals surface area contributed by atoms with Crippen molar-refractivity contribution in [3.63, 3.8) is 0 Å². The third-order valence-electron chi connectivity index (χ3n) is 5.31. The van der Waals surface area contributed by atoms with Gasteiger partial charge in [-0.05, 0) is 43.1 Å². The van der Waals surface area contributed by atoms with E-state index in [2.05, 4.69) is 24.3 Å². The minimum absolute atomic E-state index is 0.608. The fourth-order valence-corrected chi connectivity index (χ4v) is 5.28. The maximum absolute atomic E-state index is 5.67. The van der Waals surface area contributed by atoms with Crippen molar-refractivity contribution >= 4 is 11.3 Å². The Hall–Kier alpha value is -1.19. The highest BCUT2D eigenvalue weighted by molar-refractivity contribution is 7.15. The normalized spacial score (nSPS) is 19.9. The molecule has 21 heavy (non-hydrogen) atoms. The van der Waals surface area contributed by atoms with Crippen LogP contribution in [-0.4, -0.2) is 4.98 Å². The van der Waals surface area contributed by atoms with Crippen molar-refractivity contribution in [2.75, 3.05) is 0 Å². The lowest BCUT2D eigenvalue weighted by molar-refractivity contribution is 0.256. The first-order valence-corrected chi connectivity index (χ1v) is 8.88. The Labute approximate surface area is 130 Å². The Balaban J connectivity index is 1.63. The Morgan fingerprint density at radius 2 is 1.86 bits per heavy atom. The predicted octanol–water partition coefficient (Wildman–Crippen LogP) is 4.32. The summed E-state index contributed by atoms with van der Waals surface area (Å²) in [5, 5.41) is 1.19. The minimum Gasteiger partial charge on any atom is -0.326 e. The lowest BCUT2D eigenvalue weighted by Gasteiger charge is -2.32. The highest BCUT2D eigenvalue weighted by Crippen LogP contribution is 2.49. The number of fused-ring (bicyclic) bond motifs is 1. The summed E-state index contributed by atoms with van der Waals surface area (Å²) < 4.78 is 0. The first-order chi connectivity index (χ1) is 10.3. The van der Waals surface area contributed by atoms with Gasteiger partial charge in [0, 0.05) is 17.0 Å². The van der Waals surface area contributed by atoms with Crippen molar-refractivity contribution in [1.29, 1.82) is 0 Å². The van der Waals surface area contributed by atoms with Crippen molar-refractivity contribution in [2.45, 2.75) is 51.5 Å². The van der Waals surface area contributed by atoms with E-state index in [9.17, 15) is 0 Å². The molecule has 0 bridgehead atoms. The van der Waals surface area contributed by atoms with Crippen LogP contribution in [0.15, 0.2) is 24.3 Å². The van der Waals surface area contributed by atoms with Crippen LogP contribution >= 0.6 is 11.3 Å². The Bertz CT molecular complexity index is 636. The van der Waals surface area contributed by atoms with Crippen LogP contribution in [0.1, 0.15) is 48.2 Å². The first kappa shape index (κ1) is 13.5. The summed E-state index contributed by atoms with van der Waals surface area (Å²) in [6.07, 6.45) is 9.56. The van der Waals surface area contributed by atoms with Crippen molar-refractivity contribution in [3.05, 3.63) is 40.4 Å². The topological polar surface area (TPSA) is 38.9 Å². The molecule has 0 saturated heterocycles. The number of hydrogen-bond acceptors (Lipinski definition) is 3. The smallest absolute Gasteiger partial charge is 0.123 e. The zero-order valence-electron chi connectivity index (χ0n) is 12.4. The molecule has 1 aromatic carbocycles. The number of nitrogens with two attached hydrogens (primary N) is 1. The molecule has 4 rings (SSSR count). The van der Waals surface area contributed by atoms with Gasteiger partial charge in [0.05, 0.1) is 5.69 Å². The van der Waals surface area contributed by atoms with Gasteiger partial charge in [-0.1, -0.05) is 37.1 Å². The van der Waals surface area contributed by atoms with E-state index in [1.54, 1.807) is 4.88 Å². The first-order valence-electron chi connectivity index (χ1n) is 8.06. The summed E-state index contributed by atoms with van der Waals surface area (Å²) in [5.74, 6) is 0. The molecular formula is C18H22N2S. The maximum Gasteiger partial charge on any atom is 0.123 e. The van der Waals surface area contributed by atoms with E-state index < -0.39 is 0 Å². The van der Waals surface area contributed by atoms with Gasteiger partial charge in [-0.25, -0.2) is 4.98 Å². The number of aromatic nitrogens is 1. The SMILES string of the molecule is NCc1ccc(-c2nc3c(s2)CC2(CCCC2)CC3)cc1. The molecule has 1 spiro atoms. The number of benzene rings is 1. The van der Waals surface area contributed by atoms with Gasteiger partial charge < -0.3 is 5.73 Å². The molecule has 1 heterocycles. The zero-order valence-corrected chi connectivity index (χ0v) is 13.2. The second-order valence-electron chi connectivity index (χ2n) is 6.67. The minimum atomic E-state index is 0.608. The highest BCUT2D eigenvalue weighted by atomic mass is 32.1.